The number of methoxy groups -OCH3 is 1. The number of ether oxygens (including phenoxy) is 3. The second-order valence-corrected chi connectivity index (χ2v) is 7.39. The summed E-state index contributed by atoms with van der Waals surface area (Å²) in [5.41, 5.74) is 5.59. The second-order valence-electron chi connectivity index (χ2n) is 7.39. The van der Waals surface area contributed by atoms with Gasteiger partial charge in [0.15, 0.2) is 6.10 Å². The molecule has 0 bridgehead atoms. The molecule has 2 N–H and O–H groups in total. The van der Waals surface area contributed by atoms with Gasteiger partial charge in [0.2, 0.25) is 0 Å². The van der Waals surface area contributed by atoms with Crippen LogP contribution >= 0.6 is 0 Å². The van der Waals surface area contributed by atoms with Gasteiger partial charge in [-0.2, -0.15) is 5.26 Å². The molecule has 0 saturated carbocycles. The number of hydrogen-bond acceptors (Lipinski definition) is 8. The van der Waals surface area contributed by atoms with E-state index in [9.17, 15) is 9.59 Å². The number of likely N-dealkylation sites (tertiary alicyclic amines) is 1. The quantitative estimate of drug-likeness (QED) is 0.652. The van der Waals surface area contributed by atoms with E-state index in [0.717, 1.165) is 31.7 Å². The standard InChI is InChI=1S/C20H27N5O5/c1-28-12-16(30-20(22)27)13-29-17-6-9-25(19(17)26)15-4-7-24(8-5-15)18-3-2-14(10-21)11-23-18/h2-3,11,15-17H,4-9,12-13H2,1H3,(H2,22,27). The van der Waals surface area contributed by atoms with Crippen molar-refractivity contribution in [1.29, 1.82) is 5.26 Å². The molecule has 0 radical (unpaired) electrons. The zero-order valence-electron chi connectivity index (χ0n) is 17.0. The lowest BCUT2D eigenvalue weighted by molar-refractivity contribution is -0.141. The van der Waals surface area contributed by atoms with Gasteiger partial charge >= 0.3 is 6.09 Å². The van der Waals surface area contributed by atoms with Crippen LogP contribution in [0.2, 0.25) is 0 Å². The number of nitriles is 1. The Hall–Kier alpha value is -2.90. The second kappa shape index (κ2) is 10.2. The summed E-state index contributed by atoms with van der Waals surface area (Å²) < 4.78 is 15.6. The largest absolute Gasteiger partial charge is 0.441 e. The topological polar surface area (TPSA) is 131 Å². The first-order chi connectivity index (χ1) is 14.5. The van der Waals surface area contributed by atoms with Crippen molar-refractivity contribution in [3.05, 3.63) is 23.9 Å². The molecule has 10 nitrogen and oxygen atoms in total. The van der Waals surface area contributed by atoms with Gasteiger partial charge < -0.3 is 29.7 Å². The van der Waals surface area contributed by atoms with Gasteiger partial charge in [0.1, 0.15) is 18.0 Å². The van der Waals surface area contributed by atoms with Gasteiger partial charge in [-0.1, -0.05) is 0 Å². The lowest BCUT2D eigenvalue weighted by Crippen LogP contribution is -2.47. The number of hydrogen-bond donors (Lipinski definition) is 1. The smallest absolute Gasteiger partial charge is 0.404 e. The van der Waals surface area contributed by atoms with Crippen LogP contribution in [0, 0.1) is 11.3 Å². The van der Waals surface area contributed by atoms with Gasteiger partial charge in [-0.3, -0.25) is 4.79 Å². The third-order valence-electron chi connectivity index (χ3n) is 5.42. The number of piperidine rings is 1. The van der Waals surface area contributed by atoms with Gasteiger partial charge in [-0.15, -0.1) is 0 Å². The lowest BCUT2D eigenvalue weighted by Gasteiger charge is -2.37. The molecule has 2 aliphatic rings. The van der Waals surface area contributed by atoms with E-state index in [-0.39, 0.29) is 25.2 Å². The Morgan fingerprint density at radius 2 is 2.07 bits per heavy atom. The van der Waals surface area contributed by atoms with E-state index in [0.29, 0.717) is 18.5 Å². The number of anilines is 1. The van der Waals surface area contributed by atoms with Crippen molar-refractivity contribution in [2.75, 3.05) is 44.9 Å². The summed E-state index contributed by atoms with van der Waals surface area (Å²) in [6.07, 6.45) is 1.78. The molecule has 0 aromatic carbocycles. The van der Waals surface area contributed by atoms with Gasteiger partial charge in [-0.25, -0.2) is 9.78 Å². The van der Waals surface area contributed by atoms with Crippen LogP contribution in [0.25, 0.3) is 0 Å². The molecule has 1 aromatic rings. The summed E-state index contributed by atoms with van der Waals surface area (Å²) in [6, 6.07) is 5.85. The summed E-state index contributed by atoms with van der Waals surface area (Å²) in [5.74, 6) is 0.820. The summed E-state index contributed by atoms with van der Waals surface area (Å²) in [5, 5.41) is 8.89. The molecule has 0 aliphatic carbocycles. The van der Waals surface area contributed by atoms with Crippen LogP contribution in [-0.4, -0.2) is 80.1 Å². The molecule has 30 heavy (non-hydrogen) atoms. The molecule has 0 spiro atoms. The number of carbonyl (C=O) groups excluding carboxylic acids is 2. The Balaban J connectivity index is 1.48. The molecule has 2 aliphatic heterocycles. The Bertz CT molecular complexity index is 773. The van der Waals surface area contributed by atoms with Crippen LogP contribution in [-0.2, 0) is 19.0 Å². The van der Waals surface area contributed by atoms with E-state index >= 15 is 0 Å². The number of nitrogens with two attached hydrogens (primary N) is 1. The molecule has 162 valence electrons. The van der Waals surface area contributed by atoms with E-state index < -0.39 is 18.3 Å². The number of pyridine rings is 1. The fraction of sp³-hybridized carbons (Fsp3) is 0.600. The first kappa shape index (κ1) is 21.8. The lowest BCUT2D eigenvalue weighted by atomic mass is 10.0. The maximum absolute atomic E-state index is 12.8. The van der Waals surface area contributed by atoms with Gasteiger partial charge in [0.05, 0.1) is 18.8 Å². The van der Waals surface area contributed by atoms with E-state index in [1.807, 2.05) is 11.0 Å². The SMILES string of the molecule is COCC(COC1CCN(C2CCN(c3ccc(C#N)cn3)CC2)C1=O)OC(N)=O. The fourth-order valence-corrected chi connectivity index (χ4v) is 3.93. The molecular formula is C20H27N5O5. The van der Waals surface area contributed by atoms with Crippen LogP contribution in [0.5, 0.6) is 0 Å². The highest BCUT2D eigenvalue weighted by Gasteiger charge is 2.38. The zero-order chi connectivity index (χ0) is 21.5. The zero-order valence-corrected chi connectivity index (χ0v) is 17.0. The van der Waals surface area contributed by atoms with Crippen molar-refractivity contribution in [3.8, 4) is 6.07 Å². The minimum Gasteiger partial charge on any atom is -0.441 e. The van der Waals surface area contributed by atoms with Crippen molar-refractivity contribution in [2.45, 2.75) is 37.5 Å². The molecule has 3 rings (SSSR count). The van der Waals surface area contributed by atoms with Crippen molar-refractivity contribution in [3.63, 3.8) is 0 Å². The van der Waals surface area contributed by atoms with Gasteiger partial charge in [0, 0.05) is 45.4 Å². The first-order valence-corrected chi connectivity index (χ1v) is 10.00. The molecule has 2 unspecified atom stereocenters. The summed E-state index contributed by atoms with van der Waals surface area (Å²) >= 11 is 0. The van der Waals surface area contributed by atoms with Gasteiger partial charge in [-0.05, 0) is 25.0 Å². The van der Waals surface area contributed by atoms with Crippen LogP contribution in [0.3, 0.4) is 0 Å². The minimum atomic E-state index is -0.900. The maximum Gasteiger partial charge on any atom is 0.404 e. The number of nitrogens with zero attached hydrogens (tertiary/aromatic N) is 4. The van der Waals surface area contributed by atoms with Crippen LogP contribution in [0.1, 0.15) is 24.8 Å². The average Bonchev–Trinajstić information content (AvgIpc) is 3.12. The Labute approximate surface area is 175 Å². The van der Waals surface area contributed by atoms with Crippen molar-refractivity contribution in [1.82, 2.24) is 9.88 Å². The molecule has 1 aromatic heterocycles. The van der Waals surface area contributed by atoms with Crippen LogP contribution in [0.4, 0.5) is 10.6 Å². The molecule has 10 heteroatoms. The van der Waals surface area contributed by atoms with E-state index in [1.54, 1.807) is 12.3 Å². The Kier molecular flexibility index (Phi) is 7.43. The number of primary amides is 1. The number of amides is 2. The van der Waals surface area contributed by atoms with Crippen LogP contribution in [0.15, 0.2) is 18.3 Å². The monoisotopic (exact) mass is 417 g/mol. The highest BCUT2D eigenvalue weighted by Crippen LogP contribution is 2.26. The predicted octanol–water partition coefficient (Wildman–Crippen LogP) is 0.650. The Morgan fingerprint density at radius 3 is 2.67 bits per heavy atom. The number of rotatable bonds is 8. The van der Waals surface area contributed by atoms with E-state index in [1.165, 1.54) is 7.11 Å². The molecule has 2 fully saturated rings. The molecule has 2 saturated heterocycles. The van der Waals surface area contributed by atoms with Crippen molar-refractivity contribution in [2.24, 2.45) is 5.73 Å². The fourth-order valence-electron chi connectivity index (χ4n) is 3.93. The van der Waals surface area contributed by atoms with E-state index in [2.05, 4.69) is 16.0 Å². The number of carbonyl (C=O) groups is 2. The number of aromatic nitrogens is 1. The predicted molar refractivity (Wildman–Crippen MR) is 107 cm³/mol. The molecule has 3 heterocycles. The summed E-state index contributed by atoms with van der Waals surface area (Å²) in [6.45, 7) is 2.44. The first-order valence-electron chi connectivity index (χ1n) is 10.00. The highest BCUT2D eigenvalue weighted by atomic mass is 16.6. The third-order valence-corrected chi connectivity index (χ3v) is 5.42. The summed E-state index contributed by atoms with van der Waals surface area (Å²) in [7, 11) is 1.49. The van der Waals surface area contributed by atoms with Crippen molar-refractivity contribution < 1.29 is 23.8 Å². The highest BCUT2D eigenvalue weighted by molar-refractivity contribution is 5.83. The van der Waals surface area contributed by atoms with Crippen LogP contribution < -0.4 is 10.6 Å². The average molecular weight is 417 g/mol. The minimum absolute atomic E-state index is 0.0276. The molecule has 2 atom stereocenters. The van der Waals surface area contributed by atoms with E-state index in [4.69, 9.17) is 25.2 Å². The maximum atomic E-state index is 12.8. The van der Waals surface area contributed by atoms with Crippen molar-refractivity contribution >= 4 is 17.8 Å². The molecule has 2 amide bonds. The summed E-state index contributed by atoms with van der Waals surface area (Å²) in [4.78, 5) is 32.2. The third kappa shape index (κ3) is 5.37. The normalized spacial score (nSPS) is 20.8. The Morgan fingerprint density at radius 1 is 1.30 bits per heavy atom. The van der Waals surface area contributed by atoms with Gasteiger partial charge in [0.25, 0.3) is 5.91 Å². The molecular weight excluding hydrogens is 390 g/mol.